The standard InChI is InChI=1S/C67H49N3/c1-5-21-56-49(8-4)54-27-19-35-64(66(54)67(56)57-28-14-9-22-50(57)51-23-10-15-29-58(51)67)70(63-34-20-33-62-65(63)55-26-13-18-32-61(55)68(62)46(6-2)7-3)48-42-38-45(39-43-48)44-36-40-47(41-37-44)69-59-30-16-11-24-52(59)53-25-12-17-31-60(53)69/h5-43H,2,4H2,1,3H3/b21-5-,46-7+. The summed E-state index contributed by atoms with van der Waals surface area (Å²) in [5.41, 5.74) is 21.7. The fourth-order valence-corrected chi connectivity index (χ4v) is 12.2. The molecule has 0 amide bonds. The Morgan fingerprint density at radius 3 is 1.64 bits per heavy atom. The molecular weight excluding hydrogens is 847 g/mol. The number of hydrogen-bond acceptors (Lipinski definition) is 1. The molecule has 70 heavy (non-hydrogen) atoms. The van der Waals surface area contributed by atoms with E-state index in [-0.39, 0.29) is 0 Å². The zero-order valence-electron chi connectivity index (χ0n) is 39.3. The molecule has 332 valence electrons. The van der Waals surface area contributed by atoms with E-state index in [2.05, 4.69) is 272 Å². The molecule has 0 N–H and O–H groups in total. The fourth-order valence-electron chi connectivity index (χ4n) is 12.2. The van der Waals surface area contributed by atoms with Crippen LogP contribution < -0.4 is 4.90 Å². The van der Waals surface area contributed by atoms with Crippen LogP contribution >= 0.6 is 0 Å². The second-order valence-corrected chi connectivity index (χ2v) is 18.3. The van der Waals surface area contributed by atoms with Gasteiger partial charge in [-0.1, -0.05) is 183 Å². The van der Waals surface area contributed by atoms with Gasteiger partial charge in [0.25, 0.3) is 0 Å². The molecule has 2 heterocycles. The van der Waals surface area contributed by atoms with Crippen molar-refractivity contribution < 1.29 is 0 Å². The van der Waals surface area contributed by atoms with Crippen molar-refractivity contribution in [1.82, 2.24) is 9.13 Å². The van der Waals surface area contributed by atoms with Crippen LogP contribution in [0.2, 0.25) is 0 Å². The Morgan fingerprint density at radius 1 is 0.500 bits per heavy atom. The van der Waals surface area contributed by atoms with Crippen LogP contribution in [0.4, 0.5) is 17.1 Å². The normalized spacial score (nSPS) is 13.8. The van der Waals surface area contributed by atoms with Crippen molar-refractivity contribution in [2.45, 2.75) is 19.3 Å². The van der Waals surface area contributed by atoms with E-state index in [0.717, 1.165) is 56.2 Å². The Kier molecular flexibility index (Phi) is 9.50. The molecule has 2 aliphatic rings. The zero-order valence-corrected chi connectivity index (χ0v) is 39.3. The summed E-state index contributed by atoms with van der Waals surface area (Å²) in [6.45, 7) is 13.0. The van der Waals surface area contributed by atoms with Crippen LogP contribution in [-0.4, -0.2) is 9.13 Å². The molecule has 0 saturated heterocycles. The molecule has 0 fully saturated rings. The van der Waals surface area contributed by atoms with Crippen molar-refractivity contribution in [1.29, 1.82) is 0 Å². The SMILES string of the molecule is C=CC1=C(/C=C\C)C2(c3ccccc3-c3ccccc32)c2c1cccc2N(c1ccc(-c2ccc(-n3c4ccccc4c4ccccc43)cc2)cc1)c1cccc2c1c1ccccc1n2/C(C=C)=C/C. The third-order valence-electron chi connectivity index (χ3n) is 15.0. The van der Waals surface area contributed by atoms with Gasteiger partial charge in [-0.05, 0) is 131 Å². The molecule has 0 aliphatic heterocycles. The second-order valence-electron chi connectivity index (χ2n) is 18.3. The first-order valence-corrected chi connectivity index (χ1v) is 24.2. The molecule has 0 saturated carbocycles. The smallest absolute Gasteiger partial charge is 0.0746 e. The quantitative estimate of drug-likeness (QED) is 0.132. The molecular formula is C67H49N3. The molecule has 0 radical (unpaired) electrons. The summed E-state index contributed by atoms with van der Waals surface area (Å²) in [5, 5.41) is 4.87. The lowest BCUT2D eigenvalue weighted by atomic mass is 9.68. The summed E-state index contributed by atoms with van der Waals surface area (Å²) in [5.74, 6) is 0. The highest BCUT2D eigenvalue weighted by atomic mass is 15.2. The molecule has 9 aromatic carbocycles. The number of anilines is 3. The maximum atomic E-state index is 4.50. The number of rotatable bonds is 9. The molecule has 2 aromatic heterocycles. The van der Waals surface area contributed by atoms with E-state index in [1.807, 2.05) is 6.08 Å². The lowest BCUT2D eigenvalue weighted by Crippen LogP contribution is -2.29. The van der Waals surface area contributed by atoms with E-state index < -0.39 is 5.41 Å². The molecule has 2 aliphatic carbocycles. The van der Waals surface area contributed by atoms with Gasteiger partial charge in [0.2, 0.25) is 0 Å². The zero-order chi connectivity index (χ0) is 47.1. The lowest BCUT2D eigenvalue weighted by molar-refractivity contribution is 0.785. The summed E-state index contributed by atoms with van der Waals surface area (Å²) in [7, 11) is 0. The molecule has 13 rings (SSSR count). The van der Waals surface area contributed by atoms with Gasteiger partial charge >= 0.3 is 0 Å². The molecule has 3 nitrogen and oxygen atoms in total. The van der Waals surface area contributed by atoms with Gasteiger partial charge in [0, 0.05) is 44.2 Å². The average molecular weight is 896 g/mol. The van der Waals surface area contributed by atoms with Crippen LogP contribution in [0, 0.1) is 0 Å². The summed E-state index contributed by atoms with van der Waals surface area (Å²) in [6.07, 6.45) is 10.7. The van der Waals surface area contributed by atoms with Crippen LogP contribution in [0.3, 0.4) is 0 Å². The maximum absolute atomic E-state index is 4.50. The molecule has 3 heteroatoms. The predicted octanol–water partition coefficient (Wildman–Crippen LogP) is 17.9. The van der Waals surface area contributed by atoms with Gasteiger partial charge in [-0.3, -0.25) is 0 Å². The minimum absolute atomic E-state index is 0.617. The van der Waals surface area contributed by atoms with Gasteiger partial charge in [-0.15, -0.1) is 0 Å². The topological polar surface area (TPSA) is 13.1 Å². The van der Waals surface area contributed by atoms with E-state index in [9.17, 15) is 0 Å². The Morgan fingerprint density at radius 2 is 1.03 bits per heavy atom. The van der Waals surface area contributed by atoms with Crippen molar-refractivity contribution in [2.75, 3.05) is 4.90 Å². The second kappa shape index (κ2) is 16.1. The van der Waals surface area contributed by atoms with Gasteiger partial charge in [0.15, 0.2) is 0 Å². The summed E-state index contributed by atoms with van der Waals surface area (Å²) < 4.78 is 4.73. The summed E-state index contributed by atoms with van der Waals surface area (Å²) >= 11 is 0. The number of aromatic nitrogens is 2. The number of para-hydroxylation sites is 3. The highest BCUT2D eigenvalue weighted by Crippen LogP contribution is 2.65. The van der Waals surface area contributed by atoms with Crippen molar-refractivity contribution in [2.24, 2.45) is 0 Å². The van der Waals surface area contributed by atoms with E-state index in [0.29, 0.717) is 0 Å². The number of allylic oxidation sites excluding steroid dienone is 8. The van der Waals surface area contributed by atoms with Crippen molar-refractivity contribution in [3.8, 4) is 27.9 Å². The lowest BCUT2D eigenvalue weighted by Gasteiger charge is -2.37. The van der Waals surface area contributed by atoms with Gasteiger partial charge in [0.05, 0.1) is 38.9 Å². The Balaban J connectivity index is 1.05. The van der Waals surface area contributed by atoms with Gasteiger partial charge < -0.3 is 14.0 Å². The van der Waals surface area contributed by atoms with Crippen LogP contribution in [0.1, 0.15) is 36.1 Å². The van der Waals surface area contributed by atoms with Gasteiger partial charge in [0.1, 0.15) is 0 Å². The molecule has 0 atom stereocenters. The Bertz CT molecular complexity index is 3950. The van der Waals surface area contributed by atoms with E-state index >= 15 is 0 Å². The van der Waals surface area contributed by atoms with Crippen LogP contribution in [0.25, 0.3) is 82.8 Å². The molecule has 0 unspecified atom stereocenters. The first kappa shape index (κ1) is 41.3. The van der Waals surface area contributed by atoms with Crippen molar-refractivity contribution >= 4 is 71.9 Å². The third kappa shape index (κ3) is 5.69. The monoisotopic (exact) mass is 895 g/mol. The van der Waals surface area contributed by atoms with Gasteiger partial charge in [-0.2, -0.15) is 0 Å². The summed E-state index contributed by atoms with van der Waals surface area (Å²) in [4.78, 5) is 2.53. The third-order valence-corrected chi connectivity index (χ3v) is 15.0. The Labute approximate surface area is 408 Å². The highest BCUT2D eigenvalue weighted by Gasteiger charge is 2.53. The predicted molar refractivity (Wildman–Crippen MR) is 298 cm³/mol. The number of benzene rings is 9. The van der Waals surface area contributed by atoms with E-state index in [4.69, 9.17) is 0 Å². The molecule has 1 spiro atoms. The van der Waals surface area contributed by atoms with Crippen LogP contribution in [0.15, 0.2) is 255 Å². The maximum Gasteiger partial charge on any atom is 0.0746 e. The van der Waals surface area contributed by atoms with Crippen LogP contribution in [0.5, 0.6) is 0 Å². The average Bonchev–Trinajstić information content (AvgIpc) is 4.12. The minimum atomic E-state index is -0.617. The number of nitrogens with zero attached hydrogens (tertiary/aromatic N) is 3. The summed E-state index contributed by atoms with van der Waals surface area (Å²) in [6, 6.07) is 76.0. The molecule has 0 bridgehead atoms. The Hall–Kier alpha value is -8.92. The number of fused-ring (bicyclic) bond motifs is 13. The minimum Gasteiger partial charge on any atom is -0.310 e. The van der Waals surface area contributed by atoms with Crippen molar-refractivity contribution in [3.05, 3.63) is 278 Å². The first-order chi connectivity index (χ1) is 34.6. The fraction of sp³-hybridized carbons (Fsp3) is 0.0448. The van der Waals surface area contributed by atoms with E-state index in [1.54, 1.807) is 0 Å². The number of hydrogen-bond donors (Lipinski definition) is 0. The van der Waals surface area contributed by atoms with Gasteiger partial charge in [-0.25, -0.2) is 0 Å². The van der Waals surface area contributed by atoms with Crippen LogP contribution in [-0.2, 0) is 5.41 Å². The van der Waals surface area contributed by atoms with E-state index in [1.165, 1.54) is 71.5 Å². The first-order valence-electron chi connectivity index (χ1n) is 24.2. The highest BCUT2D eigenvalue weighted by molar-refractivity contribution is 6.18. The van der Waals surface area contributed by atoms with Crippen molar-refractivity contribution in [3.63, 3.8) is 0 Å². The molecule has 11 aromatic rings. The largest absolute Gasteiger partial charge is 0.310 e.